The number of hydrogen-bond acceptors (Lipinski definition) is 38. The standard InChI is InChI=1S/C42H46N2O17.C27H29NO11.C19H22N2O9/c1-19-34(49)23(43-40(55)59-20-7-5-13-41(2,14-6-8-20)39(54)61-44-27(47)11-12-28(44)48)15-29(58-19)60-25-17-42(56,26(46)18-45)16-22-31(25)38(53)33-32(36(22)51)35(50)21-9-4-10-24(57-3)30(21)37(33)52;1-10-22(31)13(28)6-17(38-10)39-15-8-27(36,16(30)9-29)7-12-19(15)26(35)21-20(24(12)33)23(32)11-4-3-5-14(37-2)18(11)25(21)34;1-19(17(26)29-20-13(22)6-7-14(20)23)10-2-4-12(5-3-11-19)28-18(27)30-21-15(24)8-9-16(21)25/h4-5,7,9-10,19-20,23,25,29,34,45,49,51,53,56H,6,8,11-18H2,1-3H3,(H,43,55);3-5,10,13,15,17,22,29,31,33,35-36H,6-9,28H2,1-2H3;2,4,12H,3,5-11H2,1H3/b7-5+;;4-2+/t19?,20?,23-,25+,29?,34-,41?,42+;10?,13-,15+,17?,22-,27+;/m11./s1. The van der Waals surface area contributed by atoms with Crippen LogP contribution in [-0.4, -0.2) is 261 Å². The second-order valence-corrected chi connectivity index (χ2v) is 34.0. The number of allylic oxidation sites excluding steroid dienone is 2. The van der Waals surface area contributed by atoms with E-state index in [4.69, 9.17) is 53.3 Å². The normalized spacial score (nSPS) is 29.7. The Morgan fingerprint density at radius 2 is 0.885 bits per heavy atom. The third-order valence-corrected chi connectivity index (χ3v) is 25.2. The molecular formula is C88H97N5O37. The maximum Gasteiger partial charge on any atom is 0.534 e. The number of alkyl carbamates (subject to hydrolysis) is 1. The van der Waals surface area contributed by atoms with Crippen LogP contribution in [0.2, 0.25) is 0 Å². The first-order chi connectivity index (χ1) is 61.5. The Bertz CT molecular complexity index is 5370. The van der Waals surface area contributed by atoms with E-state index in [1.54, 1.807) is 45.1 Å². The number of amides is 7. The van der Waals surface area contributed by atoms with E-state index in [2.05, 4.69) is 10.2 Å². The van der Waals surface area contributed by atoms with Crippen molar-refractivity contribution in [3.05, 3.63) is 127 Å². The molecule has 0 saturated carbocycles. The number of imide groups is 3. The van der Waals surface area contributed by atoms with Crippen molar-refractivity contribution in [2.75, 3.05) is 27.4 Å². The summed E-state index contributed by atoms with van der Waals surface area (Å²) in [4.78, 5) is 216. The van der Waals surface area contributed by atoms with Gasteiger partial charge in [-0.15, -0.1) is 10.1 Å². The van der Waals surface area contributed by atoms with Crippen LogP contribution >= 0.6 is 0 Å². The number of methoxy groups -OCH3 is 2. The van der Waals surface area contributed by atoms with Gasteiger partial charge in [0.2, 0.25) is 11.6 Å². The number of hydrogen-bond donors (Lipinski definition) is 12. The van der Waals surface area contributed by atoms with Gasteiger partial charge < -0.3 is 110 Å². The number of nitrogens with two attached hydrogens (primary N) is 1. The van der Waals surface area contributed by atoms with Gasteiger partial charge in [-0.05, 0) is 103 Å². The van der Waals surface area contributed by atoms with Crippen molar-refractivity contribution in [3.63, 3.8) is 0 Å². The Hall–Kier alpha value is -12.4. The van der Waals surface area contributed by atoms with Crippen LogP contribution in [0.1, 0.15) is 241 Å². The van der Waals surface area contributed by atoms with Crippen LogP contribution in [0.15, 0.2) is 60.7 Å². The number of rotatable bonds is 18. The number of ether oxygens (including phenoxy) is 8. The van der Waals surface area contributed by atoms with Crippen LogP contribution in [0, 0.1) is 10.8 Å². The zero-order valence-electron chi connectivity index (χ0n) is 71.2. The zero-order chi connectivity index (χ0) is 94.4. The quantitative estimate of drug-likeness (QED) is 0.0254. The number of nitrogens with zero attached hydrogens (tertiary/aromatic N) is 3. The number of hydroxylamine groups is 6. The van der Waals surface area contributed by atoms with Crippen molar-refractivity contribution < 1.29 is 180 Å². The molecule has 11 aliphatic rings. The molecule has 5 fully saturated rings. The van der Waals surface area contributed by atoms with Gasteiger partial charge in [0.05, 0.1) is 95.0 Å². The lowest BCUT2D eigenvalue weighted by atomic mass is 9.72. The van der Waals surface area contributed by atoms with Crippen LogP contribution < -0.4 is 20.5 Å². The molecule has 42 heteroatoms. The first-order valence-corrected chi connectivity index (χ1v) is 42.0. The van der Waals surface area contributed by atoms with E-state index in [0.29, 0.717) is 40.9 Å². The Morgan fingerprint density at radius 1 is 0.508 bits per heavy atom. The van der Waals surface area contributed by atoms with Crippen molar-refractivity contribution in [1.29, 1.82) is 0 Å². The summed E-state index contributed by atoms with van der Waals surface area (Å²) in [7, 11) is 2.61. The molecule has 5 heterocycles. The molecular weight excluding hydrogens is 1720 g/mol. The van der Waals surface area contributed by atoms with Crippen LogP contribution in [0.25, 0.3) is 0 Å². The molecule has 6 aliphatic carbocycles. The molecule has 15 rings (SSSR count). The molecule has 4 aromatic carbocycles. The van der Waals surface area contributed by atoms with Gasteiger partial charge in [-0.25, -0.2) is 19.2 Å². The number of benzene rings is 4. The highest BCUT2D eigenvalue weighted by Crippen LogP contribution is 2.56. The number of carbonyl (C=O) groups is 16. The highest BCUT2D eigenvalue weighted by atomic mass is 16.8. The number of carbonyl (C=O) groups excluding carboxylic acids is 16. The smallest absolute Gasteiger partial charge is 0.507 e. The second-order valence-electron chi connectivity index (χ2n) is 34.0. The molecule has 0 aromatic heterocycles. The SMILES string of the molecule is CC1(C(=O)ON2C(=O)CCC2=O)C/C=C/C(OC(=O)ON2C(=O)CCC2=O)CCC1.COc1cccc2c1C(=O)c1c(O)c3c(c(O)c1C2=O)C[C@@](O)(C(=O)CO)C[C@@H]3OC1C[C@@H](N)[C@H](O)C(C)O1.COc1cccc2c1C(=O)c1c(O)c3c(c(O)c1C2=O)C[C@@](O)(C(=O)CO)C[C@@H]3OC1C[C@@H](NC(=O)OC2/C=C/CC(C)(C(=O)ON3C(=O)CCC3=O)CCC2)[C@H](O)C(C)O1. The Balaban J connectivity index is 0.000000179. The maximum absolute atomic E-state index is 14.0. The lowest BCUT2D eigenvalue weighted by molar-refractivity contribution is -0.249. The summed E-state index contributed by atoms with van der Waals surface area (Å²) in [6.45, 7) is 4.26. The zero-order valence-corrected chi connectivity index (χ0v) is 71.2. The molecule has 0 bridgehead atoms. The molecule has 4 aromatic rings. The number of fused-ring (bicyclic) bond motifs is 6. The number of aromatic hydroxyl groups is 4. The summed E-state index contributed by atoms with van der Waals surface area (Å²) in [5, 5.41) is 114. The molecule has 0 radical (unpaired) electrons. The number of ketones is 6. The topological polar surface area (TPSA) is 625 Å². The monoisotopic (exact) mass is 1820 g/mol. The lowest BCUT2D eigenvalue weighted by Crippen LogP contribution is -2.56. The van der Waals surface area contributed by atoms with Crippen LogP contribution in [0.5, 0.6) is 34.5 Å². The van der Waals surface area contributed by atoms with E-state index in [0.717, 1.165) is 0 Å². The third-order valence-electron chi connectivity index (χ3n) is 25.2. The molecule has 8 unspecified atom stereocenters. The summed E-state index contributed by atoms with van der Waals surface area (Å²) >= 11 is 0. The minimum Gasteiger partial charge on any atom is -0.507 e. The Labute approximate surface area is 738 Å². The third kappa shape index (κ3) is 18.5. The number of aliphatic hydroxyl groups is 6. The van der Waals surface area contributed by atoms with Gasteiger partial charge in [0, 0.05) is 116 Å². The van der Waals surface area contributed by atoms with Crippen LogP contribution in [0.4, 0.5) is 9.59 Å². The van der Waals surface area contributed by atoms with E-state index >= 15 is 0 Å². The van der Waals surface area contributed by atoms with Gasteiger partial charge in [-0.1, -0.05) is 41.5 Å². The van der Waals surface area contributed by atoms with Crippen molar-refractivity contribution in [2.45, 2.75) is 241 Å². The van der Waals surface area contributed by atoms with Gasteiger partial charge in [0.15, 0.2) is 35.7 Å². The summed E-state index contributed by atoms with van der Waals surface area (Å²) in [5.74, 6) is -12.9. The predicted molar refractivity (Wildman–Crippen MR) is 431 cm³/mol. The van der Waals surface area contributed by atoms with Crippen LogP contribution in [0.3, 0.4) is 0 Å². The molecule has 16 atom stereocenters. The minimum absolute atomic E-state index is 0.0151. The average molecular weight is 1820 g/mol. The van der Waals surface area contributed by atoms with Crippen molar-refractivity contribution in [1.82, 2.24) is 20.5 Å². The van der Waals surface area contributed by atoms with E-state index < -0.39 is 274 Å². The summed E-state index contributed by atoms with van der Waals surface area (Å²) in [6.07, 6.45) is -6.35. The lowest BCUT2D eigenvalue weighted by Gasteiger charge is -2.42. The first-order valence-electron chi connectivity index (χ1n) is 42.0. The van der Waals surface area contributed by atoms with E-state index in [-0.39, 0.29) is 133 Å². The number of phenols is 4. The largest absolute Gasteiger partial charge is 0.534 e. The molecule has 13 N–H and O–H groups in total. The van der Waals surface area contributed by atoms with Crippen molar-refractivity contribution >= 4 is 94.3 Å². The molecule has 7 amide bonds. The van der Waals surface area contributed by atoms with Crippen molar-refractivity contribution in [3.8, 4) is 34.5 Å². The second kappa shape index (κ2) is 38.0. The summed E-state index contributed by atoms with van der Waals surface area (Å²) in [5.41, 5.74) is -3.92. The van der Waals surface area contributed by atoms with E-state index in [9.17, 15) is 128 Å². The van der Waals surface area contributed by atoms with Gasteiger partial charge in [0.1, 0.15) is 77.2 Å². The number of nitrogens with one attached hydrogen (secondary N) is 1. The van der Waals surface area contributed by atoms with Gasteiger partial charge in [0.25, 0.3) is 35.4 Å². The fourth-order valence-electron chi connectivity index (χ4n) is 17.8. The average Bonchev–Trinajstić information content (AvgIpc) is 0.716. The molecule has 0 spiro atoms. The minimum atomic E-state index is -2.39. The summed E-state index contributed by atoms with van der Waals surface area (Å²) < 4.78 is 45.3. The fraction of sp³-hybridized carbons (Fsp3) is 0.500. The molecule has 5 saturated heterocycles. The molecule has 42 nitrogen and oxygen atoms in total. The maximum atomic E-state index is 14.0. The predicted octanol–water partition coefficient (Wildman–Crippen LogP) is 3.20. The van der Waals surface area contributed by atoms with Crippen molar-refractivity contribution in [2.24, 2.45) is 16.6 Å². The molecule has 130 heavy (non-hydrogen) atoms. The van der Waals surface area contributed by atoms with Gasteiger partial charge in [-0.3, -0.25) is 62.4 Å². The molecule has 696 valence electrons. The first kappa shape index (κ1) is 95.2. The van der Waals surface area contributed by atoms with E-state index in [1.807, 2.05) is 0 Å². The highest BCUT2D eigenvalue weighted by Gasteiger charge is 2.55. The Morgan fingerprint density at radius 3 is 1.28 bits per heavy atom. The number of Topliss-reactive ketones (excluding diaryl/α,β-unsaturated/α-hetero) is 2. The Kier molecular flexibility index (Phi) is 27.8. The van der Waals surface area contributed by atoms with E-state index in [1.165, 1.54) is 57.5 Å². The summed E-state index contributed by atoms with van der Waals surface area (Å²) in [6, 6.07) is 6.83. The van der Waals surface area contributed by atoms with Crippen LogP contribution in [-0.2, 0) is 104 Å². The fourth-order valence-corrected chi connectivity index (χ4v) is 17.8. The highest BCUT2D eigenvalue weighted by molar-refractivity contribution is 6.32. The van der Waals surface area contributed by atoms with Gasteiger partial charge >= 0.3 is 24.2 Å². The number of phenolic OH excluding ortho intramolecular Hbond substituents is 4. The number of aliphatic hydroxyl groups excluding tert-OH is 4. The van der Waals surface area contributed by atoms with Gasteiger partial charge in [-0.2, -0.15) is 0 Å². The molecule has 5 aliphatic heterocycles.